The summed E-state index contributed by atoms with van der Waals surface area (Å²) in [6.07, 6.45) is 0. The van der Waals surface area contributed by atoms with Gasteiger partial charge in [-0.05, 0) is 32.0 Å². The maximum atomic E-state index is 12.3. The molecule has 2 amide bonds. The molecule has 30 heavy (non-hydrogen) atoms. The highest BCUT2D eigenvalue weighted by Crippen LogP contribution is 2.24. The number of carbonyl (C=O) groups is 3. The molecule has 0 aliphatic carbocycles. The molecule has 162 valence electrons. The van der Waals surface area contributed by atoms with Crippen molar-refractivity contribution in [3.05, 3.63) is 34.8 Å². The second-order valence-electron chi connectivity index (χ2n) is 6.03. The molecule has 12 nitrogen and oxygen atoms in total. The van der Waals surface area contributed by atoms with Gasteiger partial charge in [-0.3, -0.25) is 20.4 Å². The van der Waals surface area contributed by atoms with Gasteiger partial charge in [0.05, 0.1) is 0 Å². The van der Waals surface area contributed by atoms with Crippen LogP contribution >= 0.6 is 23.7 Å². The fourth-order valence-electron chi connectivity index (χ4n) is 1.79. The third-order valence-corrected chi connectivity index (χ3v) is 4.08. The number of nitrogens with one attached hydrogen (secondary N) is 2. The molecule has 0 saturated heterocycles. The number of anilines is 1. The second kappa shape index (κ2) is 9.76. The molecule has 1 aromatic heterocycles. The van der Waals surface area contributed by atoms with E-state index in [0.29, 0.717) is 0 Å². The topological polar surface area (TPSA) is 196 Å². The third kappa shape index (κ3) is 5.96. The monoisotopic (exact) mass is 459 g/mol. The van der Waals surface area contributed by atoms with Crippen LogP contribution in [0, 0.1) is 0 Å². The number of phenols is 2. The molecule has 0 fully saturated rings. The fraction of sp³-hybridized carbons (Fsp3) is 0.188. The fourth-order valence-corrected chi connectivity index (χ4v) is 2.34. The summed E-state index contributed by atoms with van der Waals surface area (Å²) in [4.78, 5) is 44.4. The Morgan fingerprint density at radius 1 is 1.20 bits per heavy atom. The number of thiazole rings is 1. The van der Waals surface area contributed by atoms with Crippen molar-refractivity contribution in [2.24, 2.45) is 5.16 Å². The second-order valence-corrected chi connectivity index (χ2v) is 6.92. The van der Waals surface area contributed by atoms with Crippen molar-refractivity contribution < 1.29 is 34.5 Å². The first-order valence-electron chi connectivity index (χ1n) is 7.85. The molecule has 0 unspecified atom stereocenters. The van der Waals surface area contributed by atoms with Gasteiger partial charge >= 0.3 is 5.97 Å². The summed E-state index contributed by atoms with van der Waals surface area (Å²) in [7, 11) is 0. The molecule has 0 spiro atoms. The number of nitrogen functional groups attached to an aromatic ring is 1. The normalized spacial score (nSPS) is 11.2. The van der Waals surface area contributed by atoms with Crippen LogP contribution in [0.5, 0.6) is 11.5 Å². The molecule has 0 radical (unpaired) electrons. The van der Waals surface area contributed by atoms with Crippen LogP contribution in [0.15, 0.2) is 28.7 Å². The number of aliphatic carboxylic acids is 1. The summed E-state index contributed by atoms with van der Waals surface area (Å²) in [5, 5.41) is 32.9. The molecule has 2 rings (SSSR count). The van der Waals surface area contributed by atoms with E-state index in [1.54, 1.807) is 0 Å². The lowest BCUT2D eigenvalue weighted by atomic mass is 10.1. The van der Waals surface area contributed by atoms with Crippen LogP contribution in [-0.4, -0.2) is 49.4 Å². The summed E-state index contributed by atoms with van der Waals surface area (Å²) >= 11 is 1.01. The Labute approximate surface area is 179 Å². The van der Waals surface area contributed by atoms with Gasteiger partial charge in [-0.15, -0.1) is 23.7 Å². The first-order chi connectivity index (χ1) is 13.5. The van der Waals surface area contributed by atoms with Gasteiger partial charge in [0.15, 0.2) is 16.6 Å². The molecule has 7 N–H and O–H groups in total. The maximum absolute atomic E-state index is 12.3. The number of carbonyl (C=O) groups excluding carboxylic acids is 2. The summed E-state index contributed by atoms with van der Waals surface area (Å²) in [6, 6.07) is 3.33. The lowest BCUT2D eigenvalue weighted by Gasteiger charge is -2.21. The zero-order chi connectivity index (χ0) is 21.8. The molecule has 2 aromatic rings. The molecule has 0 saturated carbocycles. The lowest BCUT2D eigenvalue weighted by Crippen LogP contribution is -2.51. The number of benzene rings is 1. The van der Waals surface area contributed by atoms with Gasteiger partial charge in [-0.1, -0.05) is 5.16 Å². The van der Waals surface area contributed by atoms with Crippen LogP contribution in [-0.2, 0) is 14.4 Å². The number of hydrogen-bond donors (Lipinski definition) is 6. The van der Waals surface area contributed by atoms with E-state index in [1.165, 1.54) is 25.3 Å². The molecule has 0 atom stereocenters. The minimum absolute atomic E-state index is 0. The SMILES string of the molecule is CC(C)(O/N=C(\C(=O)O)c1csc(N)n1)C(=O)NNC(=O)c1ccc(O)c(O)c1.Cl. The van der Waals surface area contributed by atoms with Gasteiger partial charge in [0, 0.05) is 10.9 Å². The average Bonchev–Trinajstić information content (AvgIpc) is 3.07. The van der Waals surface area contributed by atoms with Crippen molar-refractivity contribution in [2.45, 2.75) is 19.4 Å². The number of carboxylic acid groups (broad SMARTS) is 1. The molecule has 0 aliphatic heterocycles. The number of amides is 2. The number of carboxylic acids is 1. The number of aromatic hydroxyl groups is 2. The molecular formula is C16H18ClN5O7S. The Morgan fingerprint density at radius 2 is 1.87 bits per heavy atom. The van der Waals surface area contributed by atoms with Gasteiger partial charge in [-0.2, -0.15) is 0 Å². The van der Waals surface area contributed by atoms with E-state index in [4.69, 9.17) is 10.6 Å². The highest BCUT2D eigenvalue weighted by Gasteiger charge is 2.32. The van der Waals surface area contributed by atoms with E-state index in [0.717, 1.165) is 23.5 Å². The van der Waals surface area contributed by atoms with Crippen molar-refractivity contribution in [2.75, 3.05) is 5.73 Å². The zero-order valence-corrected chi connectivity index (χ0v) is 17.2. The number of oxime groups is 1. The first kappa shape index (κ1) is 24.5. The number of phenolic OH excluding ortho intramolecular Hbond substituents is 2. The lowest BCUT2D eigenvalue weighted by molar-refractivity contribution is -0.144. The average molecular weight is 460 g/mol. The molecule has 14 heteroatoms. The van der Waals surface area contributed by atoms with Gasteiger partial charge in [0.2, 0.25) is 11.3 Å². The van der Waals surface area contributed by atoms with Gasteiger partial charge in [-0.25, -0.2) is 9.78 Å². The number of halogens is 1. The Morgan fingerprint density at radius 3 is 2.40 bits per heavy atom. The van der Waals surface area contributed by atoms with Gasteiger partial charge in [0.1, 0.15) is 5.69 Å². The number of rotatable bonds is 6. The third-order valence-electron chi connectivity index (χ3n) is 3.41. The number of nitrogens with two attached hydrogens (primary N) is 1. The largest absolute Gasteiger partial charge is 0.504 e. The smallest absolute Gasteiger partial charge is 0.360 e. The van der Waals surface area contributed by atoms with E-state index in [1.807, 2.05) is 0 Å². The molecule has 1 aromatic carbocycles. The summed E-state index contributed by atoms with van der Waals surface area (Å²) in [5.74, 6) is -3.98. The molecule has 1 heterocycles. The zero-order valence-electron chi connectivity index (χ0n) is 15.6. The van der Waals surface area contributed by atoms with E-state index < -0.39 is 40.6 Å². The van der Waals surface area contributed by atoms with Crippen molar-refractivity contribution in [1.29, 1.82) is 0 Å². The highest BCUT2D eigenvalue weighted by molar-refractivity contribution is 7.13. The van der Waals surface area contributed by atoms with Crippen LogP contribution in [0.3, 0.4) is 0 Å². The number of nitrogens with zero attached hydrogens (tertiary/aromatic N) is 2. The minimum Gasteiger partial charge on any atom is -0.504 e. The maximum Gasteiger partial charge on any atom is 0.360 e. The van der Waals surface area contributed by atoms with Gasteiger partial charge in [0.25, 0.3) is 11.8 Å². The number of aromatic nitrogens is 1. The van der Waals surface area contributed by atoms with Crippen LogP contribution in [0.2, 0.25) is 0 Å². The summed E-state index contributed by atoms with van der Waals surface area (Å²) in [6.45, 7) is 2.58. The number of hydrazine groups is 1. The van der Waals surface area contributed by atoms with E-state index in [-0.39, 0.29) is 28.8 Å². The standard InChI is InChI=1S/C16H17N5O7S.ClH/c1-16(2,28-21-11(13(25)26)8-6-29-15(17)18-8)14(27)20-19-12(24)7-3-4-9(22)10(23)5-7;/h3-6,22-23H,1-2H3,(H2,17,18)(H,19,24)(H,20,27)(H,25,26);1H/b21-11-;. The first-order valence-corrected chi connectivity index (χ1v) is 8.73. The Balaban J connectivity index is 0.00000450. The molecular weight excluding hydrogens is 442 g/mol. The van der Waals surface area contributed by atoms with Crippen LogP contribution < -0.4 is 16.6 Å². The van der Waals surface area contributed by atoms with Crippen molar-refractivity contribution >= 4 is 52.4 Å². The minimum atomic E-state index is -1.67. The predicted octanol–water partition coefficient (Wildman–Crippen LogP) is 0.603. The Kier molecular flexibility index (Phi) is 7.95. The van der Waals surface area contributed by atoms with E-state index >= 15 is 0 Å². The predicted molar refractivity (Wildman–Crippen MR) is 108 cm³/mol. The van der Waals surface area contributed by atoms with E-state index in [9.17, 15) is 29.7 Å². The van der Waals surface area contributed by atoms with Gasteiger partial charge < -0.3 is 25.9 Å². The molecule has 0 aliphatic rings. The van der Waals surface area contributed by atoms with E-state index in [2.05, 4.69) is 21.0 Å². The highest BCUT2D eigenvalue weighted by atomic mass is 35.5. The Hall–Kier alpha value is -3.58. The van der Waals surface area contributed by atoms with Crippen molar-refractivity contribution in [1.82, 2.24) is 15.8 Å². The van der Waals surface area contributed by atoms with Crippen LogP contribution in [0.4, 0.5) is 5.13 Å². The van der Waals surface area contributed by atoms with Crippen molar-refractivity contribution in [3.8, 4) is 11.5 Å². The quantitative estimate of drug-likeness (QED) is 0.203. The summed E-state index contributed by atoms with van der Waals surface area (Å²) in [5.41, 5.74) is 7.36. The summed E-state index contributed by atoms with van der Waals surface area (Å²) < 4.78 is 0. The number of hydrogen-bond acceptors (Lipinski definition) is 10. The van der Waals surface area contributed by atoms with Crippen LogP contribution in [0.1, 0.15) is 29.9 Å². The van der Waals surface area contributed by atoms with Crippen molar-refractivity contribution in [3.63, 3.8) is 0 Å². The van der Waals surface area contributed by atoms with Crippen LogP contribution in [0.25, 0.3) is 0 Å². The Bertz CT molecular complexity index is 992. The molecule has 0 bridgehead atoms.